The van der Waals surface area contributed by atoms with Crippen LogP contribution in [-0.2, 0) is 16.1 Å². The number of hydrogen-bond acceptors (Lipinski definition) is 6. The SMILES string of the molecule is Nc1ncnc2c1ncn2CC(=O)N1[C@@H]2CC2C[C@H]1C(=O)N[C@@H]1C[C@H]1c1ccccc1Cl. The number of carbonyl (C=O) groups is 2. The molecule has 6 rings (SSSR count). The molecule has 9 nitrogen and oxygen atoms in total. The van der Waals surface area contributed by atoms with Gasteiger partial charge in [-0.1, -0.05) is 29.8 Å². The average Bonchev–Trinajstić information content (AvgIpc) is 3.64. The van der Waals surface area contributed by atoms with Crippen LogP contribution in [0.3, 0.4) is 0 Å². The summed E-state index contributed by atoms with van der Waals surface area (Å²) in [5.41, 5.74) is 7.89. The number of piperidine rings is 1. The molecule has 10 heteroatoms. The summed E-state index contributed by atoms with van der Waals surface area (Å²) in [6.45, 7) is 0.0611. The predicted octanol–water partition coefficient (Wildman–Crippen LogP) is 1.72. The van der Waals surface area contributed by atoms with E-state index in [-0.39, 0.29) is 42.2 Å². The lowest BCUT2D eigenvalue weighted by molar-refractivity contribution is -0.140. The number of aromatic nitrogens is 4. The van der Waals surface area contributed by atoms with Crippen LogP contribution in [0.1, 0.15) is 30.7 Å². The topological polar surface area (TPSA) is 119 Å². The zero-order valence-electron chi connectivity index (χ0n) is 17.2. The van der Waals surface area contributed by atoms with Gasteiger partial charge in [-0.2, -0.15) is 0 Å². The normalized spacial score (nSPS) is 27.9. The molecule has 2 aliphatic carbocycles. The summed E-state index contributed by atoms with van der Waals surface area (Å²) in [4.78, 5) is 40.5. The summed E-state index contributed by atoms with van der Waals surface area (Å²) in [5.74, 6) is 0.734. The number of anilines is 1. The van der Waals surface area contributed by atoms with Gasteiger partial charge in [0.05, 0.1) is 6.33 Å². The number of nitrogens with two attached hydrogens (primary N) is 1. The highest BCUT2D eigenvalue weighted by molar-refractivity contribution is 6.31. The number of nitrogen functional groups attached to an aromatic ring is 1. The molecule has 3 aliphatic rings. The zero-order chi connectivity index (χ0) is 22.0. The molecule has 32 heavy (non-hydrogen) atoms. The van der Waals surface area contributed by atoms with Gasteiger partial charge < -0.3 is 20.5 Å². The van der Waals surface area contributed by atoms with Crippen LogP contribution < -0.4 is 11.1 Å². The lowest BCUT2D eigenvalue weighted by Gasteiger charge is -2.27. The van der Waals surface area contributed by atoms with Crippen LogP contribution in [-0.4, -0.2) is 54.4 Å². The molecule has 0 bridgehead atoms. The van der Waals surface area contributed by atoms with Gasteiger partial charge in [0.2, 0.25) is 11.8 Å². The van der Waals surface area contributed by atoms with Crippen molar-refractivity contribution in [3.05, 3.63) is 47.5 Å². The molecule has 2 saturated carbocycles. The van der Waals surface area contributed by atoms with E-state index in [4.69, 9.17) is 17.3 Å². The number of fused-ring (bicyclic) bond motifs is 2. The van der Waals surface area contributed by atoms with Crippen LogP contribution in [0.25, 0.3) is 11.2 Å². The summed E-state index contributed by atoms with van der Waals surface area (Å²) in [6.07, 6.45) is 5.44. The van der Waals surface area contributed by atoms with Crippen LogP contribution in [0.15, 0.2) is 36.9 Å². The second kappa shape index (κ2) is 7.16. The fourth-order valence-electron chi connectivity index (χ4n) is 5.04. The van der Waals surface area contributed by atoms with Crippen molar-refractivity contribution >= 4 is 40.4 Å². The predicted molar refractivity (Wildman–Crippen MR) is 118 cm³/mol. The van der Waals surface area contributed by atoms with Gasteiger partial charge in [-0.25, -0.2) is 15.0 Å². The van der Waals surface area contributed by atoms with E-state index in [0.717, 1.165) is 23.4 Å². The molecule has 2 aromatic heterocycles. The first-order valence-corrected chi connectivity index (χ1v) is 11.2. The van der Waals surface area contributed by atoms with E-state index in [0.29, 0.717) is 23.5 Å². The molecular weight excluding hydrogens is 430 g/mol. The summed E-state index contributed by atoms with van der Waals surface area (Å²) >= 11 is 6.31. The first-order valence-electron chi connectivity index (χ1n) is 10.8. The summed E-state index contributed by atoms with van der Waals surface area (Å²) in [5, 5.41) is 3.87. The number of hydrogen-bond donors (Lipinski definition) is 2. The van der Waals surface area contributed by atoms with Crippen molar-refractivity contribution < 1.29 is 9.59 Å². The van der Waals surface area contributed by atoms with Gasteiger partial charge in [0.1, 0.15) is 24.4 Å². The van der Waals surface area contributed by atoms with Gasteiger partial charge in [0.15, 0.2) is 11.5 Å². The molecule has 1 aromatic carbocycles. The van der Waals surface area contributed by atoms with Gasteiger partial charge in [-0.15, -0.1) is 0 Å². The largest absolute Gasteiger partial charge is 0.382 e. The van der Waals surface area contributed by atoms with Gasteiger partial charge in [-0.05, 0) is 36.8 Å². The number of halogens is 1. The number of rotatable bonds is 5. The number of imidazole rings is 1. The van der Waals surface area contributed by atoms with Crippen LogP contribution >= 0.6 is 11.6 Å². The van der Waals surface area contributed by atoms with Crippen molar-refractivity contribution in [1.29, 1.82) is 0 Å². The molecule has 5 atom stereocenters. The van der Waals surface area contributed by atoms with Gasteiger partial charge in [0.25, 0.3) is 0 Å². The molecule has 3 N–H and O–H groups in total. The Labute approximate surface area is 189 Å². The van der Waals surface area contributed by atoms with E-state index in [1.165, 1.54) is 6.33 Å². The van der Waals surface area contributed by atoms with E-state index in [9.17, 15) is 9.59 Å². The maximum Gasteiger partial charge on any atom is 0.243 e. The number of nitrogens with one attached hydrogen (secondary N) is 1. The van der Waals surface area contributed by atoms with Crippen LogP contribution in [0.2, 0.25) is 5.02 Å². The molecule has 3 aromatic rings. The van der Waals surface area contributed by atoms with E-state index in [1.54, 1.807) is 15.8 Å². The Morgan fingerprint density at radius 2 is 2.00 bits per heavy atom. The molecule has 2 amide bonds. The minimum absolute atomic E-state index is 0.0611. The fourth-order valence-corrected chi connectivity index (χ4v) is 5.32. The van der Waals surface area contributed by atoms with Gasteiger partial charge in [-0.3, -0.25) is 9.59 Å². The highest BCUT2D eigenvalue weighted by Crippen LogP contribution is 2.49. The molecule has 3 fully saturated rings. The Bertz CT molecular complexity index is 1240. The quantitative estimate of drug-likeness (QED) is 0.609. The summed E-state index contributed by atoms with van der Waals surface area (Å²) in [6, 6.07) is 7.51. The third-order valence-corrected chi connectivity index (χ3v) is 7.20. The van der Waals surface area contributed by atoms with E-state index >= 15 is 0 Å². The molecule has 1 unspecified atom stereocenters. The van der Waals surface area contributed by atoms with Crippen LogP contribution in [0.5, 0.6) is 0 Å². The second-order valence-corrected chi connectivity index (χ2v) is 9.31. The Kier molecular flexibility index (Phi) is 4.36. The third kappa shape index (κ3) is 3.19. The van der Waals surface area contributed by atoms with Crippen molar-refractivity contribution in [3.63, 3.8) is 0 Å². The Morgan fingerprint density at radius 1 is 1.16 bits per heavy atom. The molecule has 3 heterocycles. The number of benzene rings is 1. The lowest BCUT2D eigenvalue weighted by Crippen LogP contribution is -2.49. The number of likely N-dealkylation sites (tertiary alicyclic amines) is 1. The first-order chi connectivity index (χ1) is 15.5. The van der Waals surface area contributed by atoms with E-state index in [1.807, 2.05) is 24.3 Å². The molecule has 0 radical (unpaired) electrons. The third-order valence-electron chi connectivity index (χ3n) is 6.85. The second-order valence-electron chi connectivity index (χ2n) is 8.90. The lowest BCUT2D eigenvalue weighted by atomic mass is 10.1. The smallest absolute Gasteiger partial charge is 0.243 e. The van der Waals surface area contributed by atoms with Crippen molar-refractivity contribution in [2.45, 2.75) is 49.9 Å². The summed E-state index contributed by atoms with van der Waals surface area (Å²) in [7, 11) is 0. The van der Waals surface area contributed by atoms with Crippen LogP contribution in [0.4, 0.5) is 5.82 Å². The Balaban J connectivity index is 1.15. The van der Waals surface area contributed by atoms with Crippen molar-refractivity contribution in [3.8, 4) is 0 Å². The molecule has 1 saturated heterocycles. The average molecular weight is 452 g/mol. The molecule has 1 aliphatic heterocycles. The molecule has 0 spiro atoms. The highest BCUT2D eigenvalue weighted by atomic mass is 35.5. The van der Waals surface area contributed by atoms with Crippen molar-refractivity contribution in [2.24, 2.45) is 5.92 Å². The number of carbonyl (C=O) groups excluding carboxylic acids is 2. The van der Waals surface area contributed by atoms with Crippen molar-refractivity contribution in [1.82, 2.24) is 29.7 Å². The summed E-state index contributed by atoms with van der Waals surface area (Å²) < 4.78 is 1.66. The zero-order valence-corrected chi connectivity index (χ0v) is 17.9. The minimum atomic E-state index is -0.437. The highest BCUT2D eigenvalue weighted by Gasteiger charge is 2.56. The van der Waals surface area contributed by atoms with Crippen molar-refractivity contribution in [2.75, 3.05) is 5.73 Å². The molecule has 164 valence electrons. The maximum absolute atomic E-state index is 13.2. The minimum Gasteiger partial charge on any atom is -0.382 e. The fraction of sp³-hybridized carbons (Fsp3) is 0.409. The first kappa shape index (κ1) is 19.5. The maximum atomic E-state index is 13.2. The number of nitrogens with zero attached hydrogens (tertiary/aromatic N) is 5. The molecular formula is C22H22ClN7O2. The Morgan fingerprint density at radius 3 is 2.84 bits per heavy atom. The van der Waals surface area contributed by atoms with Gasteiger partial charge in [0, 0.05) is 23.0 Å². The van der Waals surface area contributed by atoms with E-state index < -0.39 is 6.04 Å². The van der Waals surface area contributed by atoms with E-state index in [2.05, 4.69) is 20.3 Å². The standard InChI is InChI=1S/C22H22ClN7O2/c23-14-4-2-1-3-12(14)13-7-15(13)28-22(32)17-6-11-5-16(11)30(17)18(31)8-29-10-27-19-20(24)25-9-26-21(19)29/h1-4,9-11,13,15-17H,5-8H2,(H,28,32)(H2,24,25,26)/t11?,13-,15+,16+,17-/m0/s1. The monoisotopic (exact) mass is 451 g/mol. The van der Waals surface area contributed by atoms with Gasteiger partial charge >= 0.3 is 0 Å². The van der Waals surface area contributed by atoms with Crippen LogP contribution in [0, 0.1) is 5.92 Å². The number of amides is 2. The Hall–Kier alpha value is -3.20.